The fraction of sp³-hybridized carbons (Fsp3) is 0.143. The van der Waals surface area contributed by atoms with Crippen LogP contribution in [0.2, 0.25) is 5.02 Å². The van der Waals surface area contributed by atoms with Gasteiger partial charge in [0.25, 0.3) is 10.0 Å². The van der Waals surface area contributed by atoms with Crippen LogP contribution in [-0.2, 0) is 10.0 Å². The quantitative estimate of drug-likeness (QED) is 0.882. The zero-order valence-corrected chi connectivity index (χ0v) is 13.1. The lowest BCUT2D eigenvalue weighted by Crippen LogP contribution is -2.23. The summed E-state index contributed by atoms with van der Waals surface area (Å²) in [6.45, 7) is 1.93. The van der Waals surface area contributed by atoms with Crippen LogP contribution < -0.4 is 4.72 Å². The van der Waals surface area contributed by atoms with Gasteiger partial charge in [0.05, 0.1) is 6.54 Å². The first kappa shape index (κ1) is 15.1. The molecule has 0 spiro atoms. The smallest absolute Gasteiger partial charge is 0.206 e. The van der Waals surface area contributed by atoms with Gasteiger partial charge in [0.2, 0.25) is 0 Å². The number of benzene rings is 1. The highest BCUT2D eigenvalue weighted by Crippen LogP contribution is 2.19. The fourth-order valence-corrected chi connectivity index (χ4v) is 3.91. The van der Waals surface area contributed by atoms with E-state index < -0.39 is 10.0 Å². The molecule has 0 saturated heterocycles. The van der Waals surface area contributed by atoms with Gasteiger partial charge in [-0.25, -0.2) is 8.42 Å². The molecule has 0 bridgehead atoms. The highest BCUT2D eigenvalue weighted by atomic mass is 35.5. The van der Waals surface area contributed by atoms with Crippen LogP contribution in [0.1, 0.15) is 10.4 Å². The Hall–Kier alpha value is -1.32. The molecule has 0 aliphatic heterocycles. The van der Waals surface area contributed by atoms with Crippen molar-refractivity contribution >= 4 is 33.0 Å². The summed E-state index contributed by atoms with van der Waals surface area (Å²) >= 11 is 7.07. The first-order chi connectivity index (χ1) is 9.47. The van der Waals surface area contributed by atoms with Crippen molar-refractivity contribution in [3.8, 4) is 11.8 Å². The third-order valence-electron chi connectivity index (χ3n) is 2.39. The molecule has 2 aromatic rings. The van der Waals surface area contributed by atoms with Gasteiger partial charge in [0, 0.05) is 15.5 Å². The minimum Gasteiger partial charge on any atom is -0.206 e. The van der Waals surface area contributed by atoms with Crippen molar-refractivity contribution in [2.75, 3.05) is 6.54 Å². The molecular weight excluding hydrogens is 314 g/mol. The Morgan fingerprint density at radius 2 is 2.10 bits per heavy atom. The van der Waals surface area contributed by atoms with E-state index in [0.717, 1.165) is 10.4 Å². The summed E-state index contributed by atoms with van der Waals surface area (Å²) in [5, 5.41) is 0.603. The minimum atomic E-state index is -3.46. The average Bonchev–Trinajstić information content (AvgIpc) is 2.82. The molecule has 0 atom stereocenters. The van der Waals surface area contributed by atoms with Gasteiger partial charge in [-0.2, -0.15) is 4.72 Å². The van der Waals surface area contributed by atoms with E-state index in [1.807, 2.05) is 13.0 Å². The van der Waals surface area contributed by atoms with Crippen LogP contribution in [0.15, 0.2) is 40.6 Å². The second kappa shape index (κ2) is 6.42. The Labute approximate surface area is 127 Å². The van der Waals surface area contributed by atoms with Crippen molar-refractivity contribution in [2.24, 2.45) is 0 Å². The highest BCUT2D eigenvalue weighted by molar-refractivity contribution is 7.91. The van der Waals surface area contributed by atoms with Crippen LogP contribution in [0.4, 0.5) is 0 Å². The molecule has 1 aromatic heterocycles. The van der Waals surface area contributed by atoms with Crippen LogP contribution in [0, 0.1) is 18.8 Å². The van der Waals surface area contributed by atoms with Crippen molar-refractivity contribution in [2.45, 2.75) is 11.1 Å². The van der Waals surface area contributed by atoms with Crippen LogP contribution in [0.3, 0.4) is 0 Å². The van der Waals surface area contributed by atoms with Gasteiger partial charge in [0.1, 0.15) is 4.21 Å². The van der Waals surface area contributed by atoms with Crippen molar-refractivity contribution in [1.82, 2.24) is 4.72 Å². The van der Waals surface area contributed by atoms with E-state index in [0.29, 0.717) is 9.23 Å². The number of hydrogen-bond acceptors (Lipinski definition) is 3. The molecule has 104 valence electrons. The Bertz CT molecular complexity index is 770. The summed E-state index contributed by atoms with van der Waals surface area (Å²) in [5.41, 5.74) is 0.753. The lowest BCUT2D eigenvalue weighted by molar-refractivity contribution is 0.588. The van der Waals surface area contributed by atoms with Gasteiger partial charge < -0.3 is 0 Å². The molecule has 2 rings (SSSR count). The number of hydrogen-bond donors (Lipinski definition) is 1. The number of nitrogens with one attached hydrogen (secondary N) is 1. The van der Waals surface area contributed by atoms with Gasteiger partial charge in [-0.05, 0) is 37.3 Å². The number of halogens is 1. The normalized spacial score (nSPS) is 10.9. The van der Waals surface area contributed by atoms with Crippen LogP contribution in [-0.4, -0.2) is 15.0 Å². The van der Waals surface area contributed by atoms with Gasteiger partial charge in [0.15, 0.2) is 0 Å². The second-order valence-corrected chi connectivity index (χ2v) is 7.72. The van der Waals surface area contributed by atoms with Crippen molar-refractivity contribution in [1.29, 1.82) is 0 Å². The molecule has 3 nitrogen and oxygen atoms in total. The van der Waals surface area contributed by atoms with Crippen molar-refractivity contribution in [3.63, 3.8) is 0 Å². The third-order valence-corrected chi connectivity index (χ3v) is 5.52. The summed E-state index contributed by atoms with van der Waals surface area (Å²) in [4.78, 5) is 0.954. The average molecular weight is 326 g/mol. The highest BCUT2D eigenvalue weighted by Gasteiger charge is 2.14. The summed E-state index contributed by atoms with van der Waals surface area (Å²) in [7, 11) is -3.46. The molecule has 20 heavy (non-hydrogen) atoms. The van der Waals surface area contributed by atoms with Crippen LogP contribution >= 0.6 is 22.9 Å². The molecule has 0 saturated carbocycles. The predicted octanol–water partition coefficient (Wildman–Crippen LogP) is 3.04. The zero-order chi connectivity index (χ0) is 14.6. The summed E-state index contributed by atoms with van der Waals surface area (Å²) in [6.07, 6.45) is 0. The maximum atomic E-state index is 11.9. The first-order valence-electron chi connectivity index (χ1n) is 5.78. The molecule has 0 amide bonds. The zero-order valence-electron chi connectivity index (χ0n) is 10.7. The van der Waals surface area contributed by atoms with E-state index in [4.69, 9.17) is 11.6 Å². The molecule has 1 aromatic carbocycles. The standard InChI is InChI=1S/C14H12ClNO2S2/c1-11-7-8-14(19-11)20(17,18)16-9-3-5-12-4-2-6-13(15)10-12/h2,4,6-8,10,16H,9H2,1H3. The lowest BCUT2D eigenvalue weighted by atomic mass is 10.2. The molecule has 0 radical (unpaired) electrons. The maximum Gasteiger partial charge on any atom is 0.250 e. The molecule has 0 fully saturated rings. The predicted molar refractivity (Wildman–Crippen MR) is 82.6 cm³/mol. The third kappa shape index (κ3) is 4.09. The molecule has 1 N–H and O–H groups in total. The van der Waals surface area contributed by atoms with Crippen LogP contribution in [0.5, 0.6) is 0 Å². The summed E-state index contributed by atoms with van der Waals surface area (Å²) in [5.74, 6) is 5.62. The van der Waals surface area contributed by atoms with E-state index in [1.54, 1.807) is 30.3 Å². The topological polar surface area (TPSA) is 46.2 Å². The maximum absolute atomic E-state index is 11.9. The first-order valence-corrected chi connectivity index (χ1v) is 8.46. The Kier molecular flexibility index (Phi) is 4.84. The molecule has 0 unspecified atom stereocenters. The Morgan fingerprint density at radius 1 is 1.30 bits per heavy atom. The van der Waals surface area contributed by atoms with Crippen LogP contribution in [0.25, 0.3) is 0 Å². The number of aryl methyl sites for hydroxylation is 1. The largest absolute Gasteiger partial charge is 0.250 e. The lowest BCUT2D eigenvalue weighted by Gasteiger charge is -1.99. The molecule has 0 aliphatic carbocycles. The second-order valence-electron chi connectivity index (χ2n) is 4.00. The number of sulfonamides is 1. The summed E-state index contributed by atoms with van der Waals surface area (Å²) < 4.78 is 26.6. The number of rotatable bonds is 3. The van der Waals surface area contributed by atoms with Gasteiger partial charge in [-0.15, -0.1) is 11.3 Å². The van der Waals surface area contributed by atoms with Gasteiger partial charge >= 0.3 is 0 Å². The molecule has 0 aliphatic rings. The SMILES string of the molecule is Cc1ccc(S(=O)(=O)NCC#Cc2cccc(Cl)c2)s1. The van der Waals surface area contributed by atoms with Gasteiger partial charge in [-0.1, -0.05) is 29.5 Å². The Morgan fingerprint density at radius 3 is 2.75 bits per heavy atom. The van der Waals surface area contributed by atoms with Crippen molar-refractivity contribution < 1.29 is 8.42 Å². The molecule has 6 heteroatoms. The van der Waals surface area contributed by atoms with E-state index in [9.17, 15) is 8.42 Å². The molecule has 1 heterocycles. The van der Waals surface area contributed by atoms with E-state index >= 15 is 0 Å². The Balaban J connectivity index is 2.00. The summed E-state index contributed by atoms with van der Waals surface area (Å²) in [6, 6.07) is 10.5. The van der Waals surface area contributed by atoms with E-state index in [1.165, 1.54) is 11.3 Å². The van der Waals surface area contributed by atoms with Gasteiger partial charge in [-0.3, -0.25) is 0 Å². The molecular formula is C14H12ClNO2S2. The van der Waals surface area contributed by atoms with E-state index in [-0.39, 0.29) is 6.54 Å². The number of thiophene rings is 1. The van der Waals surface area contributed by atoms with Crippen molar-refractivity contribution in [3.05, 3.63) is 51.9 Å². The van der Waals surface area contributed by atoms with E-state index in [2.05, 4.69) is 16.6 Å². The fourth-order valence-electron chi connectivity index (χ4n) is 1.47. The minimum absolute atomic E-state index is 0.0613. The monoisotopic (exact) mass is 325 g/mol.